The number of esters is 1. The minimum atomic E-state index is -0.465. The van der Waals surface area contributed by atoms with Crippen LogP contribution in [0.4, 0.5) is 5.69 Å². The normalized spacial score (nSPS) is 10.9. The maximum absolute atomic E-state index is 12.6. The van der Waals surface area contributed by atoms with Crippen molar-refractivity contribution >= 4 is 22.9 Å². The van der Waals surface area contributed by atoms with E-state index < -0.39 is 5.97 Å². The summed E-state index contributed by atoms with van der Waals surface area (Å²) in [6, 6.07) is 27.1. The molecule has 0 fully saturated rings. The highest BCUT2D eigenvalue weighted by Crippen LogP contribution is 2.25. The lowest BCUT2D eigenvalue weighted by atomic mass is 9.96. The molecule has 0 amide bonds. The minimum absolute atomic E-state index is 0.236. The van der Waals surface area contributed by atoms with Crippen molar-refractivity contribution in [3.63, 3.8) is 0 Å². The summed E-state index contributed by atoms with van der Waals surface area (Å²) in [6.07, 6.45) is 1.78. The third kappa shape index (κ3) is 5.42. The summed E-state index contributed by atoms with van der Waals surface area (Å²) in [7, 11) is 1.61. The maximum Gasteiger partial charge on any atom is 0.356 e. The largest absolute Gasteiger partial charge is 0.497 e. The van der Waals surface area contributed by atoms with E-state index in [2.05, 4.69) is 4.99 Å². The van der Waals surface area contributed by atoms with Crippen LogP contribution in [-0.2, 0) is 9.53 Å². The number of ether oxygens (including phenoxy) is 2. The van der Waals surface area contributed by atoms with Gasteiger partial charge in [0.25, 0.3) is 0 Å². The van der Waals surface area contributed by atoms with Gasteiger partial charge in [0.05, 0.1) is 19.4 Å². The number of hydrogen-bond acceptors (Lipinski definition) is 4. The number of carbonyl (C=O) groups is 1. The number of hydrogen-bond donors (Lipinski definition) is 0. The molecule has 4 heteroatoms. The van der Waals surface area contributed by atoms with Crippen LogP contribution in [0.15, 0.2) is 96.0 Å². The van der Waals surface area contributed by atoms with Crippen LogP contribution in [0.1, 0.15) is 18.1 Å². The van der Waals surface area contributed by atoms with E-state index in [1.54, 1.807) is 44.4 Å². The molecule has 0 aliphatic carbocycles. The fraction of sp³-hybridized carbons (Fsp3) is 0.120. The Morgan fingerprint density at radius 2 is 1.41 bits per heavy atom. The van der Waals surface area contributed by atoms with Crippen molar-refractivity contribution in [1.29, 1.82) is 0 Å². The Morgan fingerprint density at radius 1 is 0.862 bits per heavy atom. The van der Waals surface area contributed by atoms with Crippen LogP contribution in [-0.4, -0.2) is 25.4 Å². The number of aliphatic imine (C=N–C) groups is 1. The van der Waals surface area contributed by atoms with E-state index in [0.717, 1.165) is 22.4 Å². The van der Waals surface area contributed by atoms with Crippen molar-refractivity contribution in [1.82, 2.24) is 0 Å². The molecule has 0 heterocycles. The van der Waals surface area contributed by atoms with Gasteiger partial charge in [-0.25, -0.2) is 9.79 Å². The SMILES string of the molecule is CCOC(=O)C(C=C(c1ccccc1)c1ccccc1)=Nc1ccc(OC)cc1. The fourth-order valence-corrected chi connectivity index (χ4v) is 2.84. The molecule has 0 radical (unpaired) electrons. The van der Waals surface area contributed by atoms with E-state index in [9.17, 15) is 4.79 Å². The van der Waals surface area contributed by atoms with Gasteiger partial charge in [-0.15, -0.1) is 0 Å². The van der Waals surface area contributed by atoms with Crippen LogP contribution in [0.25, 0.3) is 5.57 Å². The standard InChI is InChI=1S/C25H23NO3/c1-3-29-25(27)24(26-21-14-16-22(28-2)17-15-21)18-23(19-10-6-4-7-11-19)20-12-8-5-9-13-20/h4-18H,3H2,1-2H3. The molecule has 146 valence electrons. The van der Waals surface area contributed by atoms with Gasteiger partial charge in [0.1, 0.15) is 11.5 Å². The summed E-state index contributed by atoms with van der Waals surface area (Å²) >= 11 is 0. The van der Waals surface area contributed by atoms with E-state index in [-0.39, 0.29) is 12.3 Å². The molecule has 0 aliphatic rings. The predicted molar refractivity (Wildman–Crippen MR) is 117 cm³/mol. The number of nitrogens with zero attached hydrogens (tertiary/aromatic N) is 1. The Morgan fingerprint density at radius 3 is 1.90 bits per heavy atom. The molecule has 0 aliphatic heterocycles. The van der Waals surface area contributed by atoms with E-state index in [1.807, 2.05) is 60.7 Å². The summed E-state index contributed by atoms with van der Waals surface area (Å²) in [6.45, 7) is 2.06. The number of rotatable bonds is 7. The fourth-order valence-electron chi connectivity index (χ4n) is 2.84. The second kappa shape index (κ2) is 10.0. The Hall–Kier alpha value is -3.66. The van der Waals surface area contributed by atoms with Crippen molar-refractivity contribution < 1.29 is 14.3 Å². The van der Waals surface area contributed by atoms with E-state index in [1.165, 1.54) is 0 Å². The first-order chi connectivity index (χ1) is 14.2. The van der Waals surface area contributed by atoms with Crippen molar-refractivity contribution in [2.75, 3.05) is 13.7 Å². The lowest BCUT2D eigenvalue weighted by molar-refractivity contribution is -0.134. The van der Waals surface area contributed by atoms with E-state index >= 15 is 0 Å². The van der Waals surface area contributed by atoms with Crippen LogP contribution in [0.3, 0.4) is 0 Å². The maximum atomic E-state index is 12.6. The molecule has 0 saturated carbocycles. The van der Waals surface area contributed by atoms with Crippen molar-refractivity contribution in [3.8, 4) is 5.75 Å². The molecule has 3 rings (SSSR count). The quantitative estimate of drug-likeness (QED) is 0.401. The Kier molecular flexibility index (Phi) is 6.95. The lowest BCUT2D eigenvalue weighted by Crippen LogP contribution is -2.16. The van der Waals surface area contributed by atoms with Gasteiger partial charge in [0.2, 0.25) is 0 Å². The smallest absolute Gasteiger partial charge is 0.356 e. The lowest BCUT2D eigenvalue weighted by Gasteiger charge is -2.10. The summed E-state index contributed by atoms with van der Waals surface area (Å²) < 4.78 is 10.4. The second-order valence-corrected chi connectivity index (χ2v) is 6.21. The highest BCUT2D eigenvalue weighted by atomic mass is 16.5. The van der Waals surface area contributed by atoms with Gasteiger partial charge in [-0.3, -0.25) is 0 Å². The minimum Gasteiger partial charge on any atom is -0.497 e. The van der Waals surface area contributed by atoms with Crippen molar-refractivity contribution in [2.24, 2.45) is 4.99 Å². The number of benzene rings is 3. The third-order valence-electron chi connectivity index (χ3n) is 4.26. The average molecular weight is 385 g/mol. The van der Waals surface area contributed by atoms with Crippen LogP contribution in [0.2, 0.25) is 0 Å². The molecule has 0 N–H and O–H groups in total. The first-order valence-corrected chi connectivity index (χ1v) is 9.43. The van der Waals surface area contributed by atoms with E-state index in [4.69, 9.17) is 9.47 Å². The van der Waals surface area contributed by atoms with Crippen LogP contribution < -0.4 is 4.74 Å². The zero-order valence-electron chi connectivity index (χ0n) is 16.5. The van der Waals surface area contributed by atoms with Crippen LogP contribution >= 0.6 is 0 Å². The van der Waals surface area contributed by atoms with Crippen molar-refractivity contribution in [3.05, 3.63) is 102 Å². The monoisotopic (exact) mass is 385 g/mol. The Bertz CT molecular complexity index is 950. The zero-order chi connectivity index (χ0) is 20.5. The molecular weight excluding hydrogens is 362 g/mol. The van der Waals surface area contributed by atoms with Gasteiger partial charge in [-0.1, -0.05) is 60.7 Å². The molecule has 0 aromatic heterocycles. The molecule has 0 saturated heterocycles. The number of methoxy groups -OCH3 is 1. The number of carbonyl (C=O) groups excluding carboxylic acids is 1. The summed E-state index contributed by atoms with van der Waals surface area (Å²) in [5.41, 5.74) is 3.76. The Labute approximate surface area is 171 Å². The molecule has 0 spiro atoms. The van der Waals surface area contributed by atoms with Gasteiger partial charge < -0.3 is 9.47 Å². The average Bonchev–Trinajstić information content (AvgIpc) is 2.78. The molecule has 3 aromatic rings. The molecule has 4 nitrogen and oxygen atoms in total. The van der Waals surface area contributed by atoms with Gasteiger partial charge in [0, 0.05) is 0 Å². The molecular formula is C25H23NO3. The summed E-state index contributed by atoms with van der Waals surface area (Å²) in [5, 5.41) is 0. The van der Waals surface area contributed by atoms with Crippen molar-refractivity contribution in [2.45, 2.75) is 6.92 Å². The van der Waals surface area contributed by atoms with E-state index in [0.29, 0.717) is 5.69 Å². The summed E-state index contributed by atoms with van der Waals surface area (Å²) in [5.74, 6) is 0.263. The predicted octanol–water partition coefficient (Wildman–Crippen LogP) is 5.46. The molecule has 29 heavy (non-hydrogen) atoms. The highest BCUT2D eigenvalue weighted by molar-refractivity contribution is 6.43. The molecule has 3 aromatic carbocycles. The molecule has 0 atom stereocenters. The second-order valence-electron chi connectivity index (χ2n) is 6.21. The van der Waals surface area contributed by atoms with Crippen LogP contribution in [0, 0.1) is 0 Å². The first-order valence-electron chi connectivity index (χ1n) is 9.43. The first kappa shape index (κ1) is 20.1. The van der Waals surface area contributed by atoms with Gasteiger partial charge in [-0.05, 0) is 54.0 Å². The molecule has 0 unspecified atom stereocenters. The van der Waals surface area contributed by atoms with Gasteiger partial charge >= 0.3 is 5.97 Å². The third-order valence-corrected chi connectivity index (χ3v) is 4.26. The topological polar surface area (TPSA) is 47.9 Å². The van der Waals surface area contributed by atoms with Crippen LogP contribution in [0.5, 0.6) is 5.75 Å². The highest BCUT2D eigenvalue weighted by Gasteiger charge is 2.14. The molecule has 0 bridgehead atoms. The Balaban J connectivity index is 2.11. The van der Waals surface area contributed by atoms with Gasteiger partial charge in [0.15, 0.2) is 0 Å². The zero-order valence-corrected chi connectivity index (χ0v) is 16.5. The summed E-state index contributed by atoms with van der Waals surface area (Å²) in [4.78, 5) is 17.2. The van der Waals surface area contributed by atoms with Gasteiger partial charge in [-0.2, -0.15) is 0 Å².